The minimum absolute atomic E-state index is 0.647. The summed E-state index contributed by atoms with van der Waals surface area (Å²) in [6.45, 7) is 5.28. The number of guanidine groups is 1. The summed E-state index contributed by atoms with van der Waals surface area (Å²) in [5.74, 6) is 1.67. The maximum Gasteiger partial charge on any atom is 0.193 e. The van der Waals surface area contributed by atoms with Crippen LogP contribution in [0, 0.1) is 13.8 Å². The van der Waals surface area contributed by atoms with Gasteiger partial charge in [-0.2, -0.15) is 0 Å². The Labute approximate surface area is 139 Å². The molecule has 1 aromatic heterocycles. The fraction of sp³-hybridized carbons (Fsp3) is 0.375. The Hall–Kier alpha value is -1.82. The number of aromatic nitrogens is 1. The van der Waals surface area contributed by atoms with Crippen LogP contribution in [0.3, 0.4) is 0 Å². The summed E-state index contributed by atoms with van der Waals surface area (Å²) in [4.78, 5) is 6.42. The number of rotatable bonds is 4. The van der Waals surface area contributed by atoms with Gasteiger partial charge in [0, 0.05) is 37.2 Å². The molecule has 0 amide bonds. The molecule has 0 bridgehead atoms. The Morgan fingerprint density at radius 1 is 1.36 bits per heavy atom. The molecule has 118 valence electrons. The minimum Gasteiger partial charge on any atom is -0.361 e. The maximum absolute atomic E-state index is 5.18. The molecular formula is C16H21BrN4O. The van der Waals surface area contributed by atoms with Gasteiger partial charge in [-0.15, -0.1) is 0 Å². The predicted octanol–water partition coefficient (Wildman–Crippen LogP) is 3.26. The normalized spacial score (nSPS) is 11.6. The van der Waals surface area contributed by atoms with E-state index >= 15 is 0 Å². The number of halogens is 1. The maximum atomic E-state index is 5.18. The van der Waals surface area contributed by atoms with E-state index in [9.17, 15) is 0 Å². The quantitative estimate of drug-likeness (QED) is 0.668. The summed E-state index contributed by atoms with van der Waals surface area (Å²) in [6, 6.07) is 8.19. The van der Waals surface area contributed by atoms with Gasteiger partial charge in [-0.25, -0.2) is 0 Å². The van der Waals surface area contributed by atoms with Crippen molar-refractivity contribution in [2.75, 3.05) is 14.1 Å². The molecule has 6 heteroatoms. The van der Waals surface area contributed by atoms with Gasteiger partial charge < -0.3 is 14.7 Å². The van der Waals surface area contributed by atoms with E-state index in [0.717, 1.165) is 34.0 Å². The summed E-state index contributed by atoms with van der Waals surface area (Å²) < 4.78 is 6.28. The lowest BCUT2D eigenvalue weighted by Crippen LogP contribution is -2.38. The molecule has 0 unspecified atom stereocenters. The summed E-state index contributed by atoms with van der Waals surface area (Å²) >= 11 is 3.58. The van der Waals surface area contributed by atoms with Crippen molar-refractivity contribution in [2.24, 2.45) is 4.99 Å². The molecule has 0 radical (unpaired) electrons. The Kier molecular flexibility index (Phi) is 5.60. The molecular weight excluding hydrogens is 344 g/mol. The monoisotopic (exact) mass is 364 g/mol. The van der Waals surface area contributed by atoms with Crippen LogP contribution in [0.4, 0.5) is 0 Å². The SMILES string of the molecule is CN=C(NCc1c(C)noc1C)N(C)Cc1ccccc1Br. The average molecular weight is 365 g/mol. The fourth-order valence-corrected chi connectivity index (χ4v) is 2.67. The number of hydrogen-bond acceptors (Lipinski definition) is 3. The molecule has 0 atom stereocenters. The molecule has 22 heavy (non-hydrogen) atoms. The zero-order valence-corrected chi connectivity index (χ0v) is 14.9. The number of benzene rings is 1. The average Bonchev–Trinajstić information content (AvgIpc) is 2.82. The summed E-state index contributed by atoms with van der Waals surface area (Å²) in [5.41, 5.74) is 3.20. The highest BCUT2D eigenvalue weighted by atomic mass is 79.9. The van der Waals surface area contributed by atoms with Gasteiger partial charge in [0.05, 0.1) is 5.69 Å². The van der Waals surface area contributed by atoms with Crippen molar-refractivity contribution in [3.63, 3.8) is 0 Å². The first-order valence-corrected chi connectivity index (χ1v) is 7.89. The molecule has 0 aliphatic heterocycles. The van der Waals surface area contributed by atoms with Crippen LogP contribution in [0.15, 0.2) is 38.3 Å². The number of nitrogens with zero attached hydrogens (tertiary/aromatic N) is 3. The van der Waals surface area contributed by atoms with Gasteiger partial charge >= 0.3 is 0 Å². The van der Waals surface area contributed by atoms with Gasteiger partial charge in [0.2, 0.25) is 0 Å². The first-order chi connectivity index (χ1) is 10.5. The largest absolute Gasteiger partial charge is 0.361 e. The van der Waals surface area contributed by atoms with Crippen molar-refractivity contribution < 1.29 is 4.52 Å². The first kappa shape index (κ1) is 16.5. The van der Waals surface area contributed by atoms with E-state index in [1.807, 2.05) is 39.1 Å². The topological polar surface area (TPSA) is 53.7 Å². The third-order valence-electron chi connectivity index (χ3n) is 3.54. The van der Waals surface area contributed by atoms with Crippen molar-refractivity contribution in [2.45, 2.75) is 26.9 Å². The number of hydrogen-bond donors (Lipinski definition) is 1. The van der Waals surface area contributed by atoms with Crippen molar-refractivity contribution in [1.29, 1.82) is 0 Å². The van der Waals surface area contributed by atoms with E-state index in [0.29, 0.717) is 6.54 Å². The Morgan fingerprint density at radius 2 is 2.09 bits per heavy atom. The Morgan fingerprint density at radius 3 is 2.68 bits per heavy atom. The molecule has 0 saturated heterocycles. The van der Waals surface area contributed by atoms with E-state index in [2.05, 4.69) is 42.4 Å². The van der Waals surface area contributed by atoms with Gasteiger partial charge in [0.1, 0.15) is 5.76 Å². The third kappa shape index (κ3) is 3.88. The second kappa shape index (κ2) is 7.45. The van der Waals surface area contributed by atoms with Crippen LogP contribution in [0.25, 0.3) is 0 Å². The molecule has 2 rings (SSSR count). The fourth-order valence-electron chi connectivity index (χ4n) is 2.26. The van der Waals surface area contributed by atoms with Crippen LogP contribution in [-0.2, 0) is 13.1 Å². The summed E-state index contributed by atoms with van der Waals surface area (Å²) in [5, 5.41) is 7.32. The highest BCUT2D eigenvalue weighted by molar-refractivity contribution is 9.10. The molecule has 0 saturated carbocycles. The zero-order valence-electron chi connectivity index (χ0n) is 13.4. The Balaban J connectivity index is 2.01. The van der Waals surface area contributed by atoms with Crippen LogP contribution < -0.4 is 5.32 Å². The van der Waals surface area contributed by atoms with Crippen LogP contribution >= 0.6 is 15.9 Å². The van der Waals surface area contributed by atoms with Crippen molar-refractivity contribution >= 4 is 21.9 Å². The molecule has 1 N–H and O–H groups in total. The van der Waals surface area contributed by atoms with E-state index in [-0.39, 0.29) is 0 Å². The van der Waals surface area contributed by atoms with Crippen molar-refractivity contribution in [1.82, 2.24) is 15.4 Å². The summed E-state index contributed by atoms with van der Waals surface area (Å²) in [7, 11) is 3.80. The van der Waals surface area contributed by atoms with E-state index in [1.165, 1.54) is 5.56 Å². The van der Waals surface area contributed by atoms with Crippen molar-refractivity contribution in [3.05, 3.63) is 51.3 Å². The zero-order chi connectivity index (χ0) is 16.1. The lowest BCUT2D eigenvalue weighted by atomic mass is 10.2. The Bertz CT molecular complexity index is 646. The predicted molar refractivity (Wildman–Crippen MR) is 91.8 cm³/mol. The van der Waals surface area contributed by atoms with Crippen LogP contribution in [0.1, 0.15) is 22.6 Å². The van der Waals surface area contributed by atoms with Crippen LogP contribution in [0.5, 0.6) is 0 Å². The summed E-state index contributed by atoms with van der Waals surface area (Å²) in [6.07, 6.45) is 0. The lowest BCUT2D eigenvalue weighted by molar-refractivity contribution is 0.392. The number of nitrogens with one attached hydrogen (secondary N) is 1. The molecule has 0 aliphatic rings. The second-order valence-corrected chi connectivity index (χ2v) is 6.01. The molecule has 0 spiro atoms. The first-order valence-electron chi connectivity index (χ1n) is 7.10. The highest BCUT2D eigenvalue weighted by Crippen LogP contribution is 2.17. The second-order valence-electron chi connectivity index (χ2n) is 5.15. The molecule has 5 nitrogen and oxygen atoms in total. The number of aryl methyl sites for hydroxylation is 2. The van der Waals surface area contributed by atoms with Gasteiger partial charge in [0.25, 0.3) is 0 Å². The lowest BCUT2D eigenvalue weighted by Gasteiger charge is -2.22. The van der Waals surface area contributed by atoms with Crippen LogP contribution in [-0.4, -0.2) is 30.1 Å². The smallest absolute Gasteiger partial charge is 0.193 e. The third-order valence-corrected chi connectivity index (χ3v) is 4.32. The number of aliphatic imine (C=N–C) groups is 1. The van der Waals surface area contributed by atoms with E-state index in [4.69, 9.17) is 4.52 Å². The van der Waals surface area contributed by atoms with Gasteiger partial charge in [-0.05, 0) is 25.5 Å². The van der Waals surface area contributed by atoms with E-state index < -0.39 is 0 Å². The molecule has 2 aromatic rings. The standard InChI is InChI=1S/C16H21BrN4O/c1-11-14(12(2)22-20-11)9-19-16(18-3)21(4)10-13-7-5-6-8-15(13)17/h5-8H,9-10H2,1-4H3,(H,18,19). The van der Waals surface area contributed by atoms with Gasteiger partial charge in [-0.3, -0.25) is 4.99 Å². The van der Waals surface area contributed by atoms with Crippen LogP contribution in [0.2, 0.25) is 0 Å². The van der Waals surface area contributed by atoms with Gasteiger partial charge in [0.15, 0.2) is 5.96 Å². The van der Waals surface area contributed by atoms with Gasteiger partial charge in [-0.1, -0.05) is 39.3 Å². The highest BCUT2D eigenvalue weighted by Gasteiger charge is 2.12. The van der Waals surface area contributed by atoms with E-state index in [1.54, 1.807) is 7.05 Å². The molecule has 0 fully saturated rings. The molecule has 1 aromatic carbocycles. The molecule has 0 aliphatic carbocycles. The molecule has 1 heterocycles. The van der Waals surface area contributed by atoms with Crippen molar-refractivity contribution in [3.8, 4) is 0 Å². The minimum atomic E-state index is 0.647.